The number of hydrogen-bond donors (Lipinski definition) is 2. The van der Waals surface area contributed by atoms with Crippen molar-refractivity contribution in [3.8, 4) is 0 Å². The minimum Gasteiger partial charge on any atom is -0.327 e. The molecule has 0 spiro atoms. The minimum atomic E-state index is -0.540. The lowest BCUT2D eigenvalue weighted by Crippen LogP contribution is -2.24. The van der Waals surface area contributed by atoms with Gasteiger partial charge in [0.05, 0.1) is 4.92 Å². The van der Waals surface area contributed by atoms with Gasteiger partial charge in [-0.15, -0.1) is 0 Å². The van der Waals surface area contributed by atoms with Gasteiger partial charge in [-0.05, 0) is 13.0 Å². The number of nitrogens with one attached hydrogen (secondary N) is 1. The summed E-state index contributed by atoms with van der Waals surface area (Å²) in [6.07, 6.45) is 0.131. The van der Waals surface area contributed by atoms with Gasteiger partial charge in [0.15, 0.2) is 0 Å². The van der Waals surface area contributed by atoms with Gasteiger partial charge in [-0.3, -0.25) is 14.9 Å². The molecule has 0 saturated carbocycles. The number of rotatable bonds is 4. The molecule has 16 heavy (non-hydrogen) atoms. The van der Waals surface area contributed by atoms with Crippen molar-refractivity contribution in [2.24, 2.45) is 5.73 Å². The molecule has 3 N–H and O–H groups in total. The smallest absolute Gasteiger partial charge is 0.292 e. The fraction of sp³-hybridized carbons (Fsp3) is 0.300. The molecular formula is C10H13N3O3. The summed E-state index contributed by atoms with van der Waals surface area (Å²) in [6.45, 7) is 1.69. The highest BCUT2D eigenvalue weighted by molar-refractivity contribution is 5.93. The average molecular weight is 223 g/mol. The summed E-state index contributed by atoms with van der Waals surface area (Å²) in [5.41, 5.74) is 5.52. The normalized spacial score (nSPS) is 11.9. The van der Waals surface area contributed by atoms with Gasteiger partial charge in [0.1, 0.15) is 5.69 Å². The number of hydrogen-bond acceptors (Lipinski definition) is 4. The Morgan fingerprint density at radius 1 is 1.56 bits per heavy atom. The maximum atomic E-state index is 11.4. The number of nitro benzene ring substituents is 1. The first-order valence-electron chi connectivity index (χ1n) is 4.79. The van der Waals surface area contributed by atoms with E-state index in [1.165, 1.54) is 12.1 Å². The van der Waals surface area contributed by atoms with Crippen LogP contribution in [0, 0.1) is 10.1 Å². The van der Waals surface area contributed by atoms with E-state index in [2.05, 4.69) is 5.32 Å². The molecular weight excluding hydrogens is 210 g/mol. The van der Waals surface area contributed by atoms with Crippen LogP contribution in [0.4, 0.5) is 11.4 Å². The fourth-order valence-corrected chi connectivity index (χ4v) is 1.23. The van der Waals surface area contributed by atoms with Crippen molar-refractivity contribution < 1.29 is 9.72 Å². The fourth-order valence-electron chi connectivity index (χ4n) is 1.23. The lowest BCUT2D eigenvalue weighted by atomic mass is 10.2. The topological polar surface area (TPSA) is 98.3 Å². The number of carbonyl (C=O) groups excluding carboxylic acids is 1. The van der Waals surface area contributed by atoms with Crippen LogP contribution in [0.5, 0.6) is 0 Å². The standard InChI is InChI=1S/C10H13N3O3/c1-7(11)6-10(14)12-8-4-2-3-5-9(8)13(15)16/h2-5,7H,6,11H2,1H3,(H,12,14). The van der Waals surface area contributed by atoms with E-state index in [9.17, 15) is 14.9 Å². The van der Waals surface area contributed by atoms with Crippen LogP contribution in [0.2, 0.25) is 0 Å². The molecule has 1 unspecified atom stereocenters. The van der Waals surface area contributed by atoms with Gasteiger partial charge in [-0.25, -0.2) is 0 Å². The van der Waals surface area contributed by atoms with E-state index in [0.717, 1.165) is 0 Å². The maximum Gasteiger partial charge on any atom is 0.292 e. The number of carbonyl (C=O) groups is 1. The molecule has 0 radical (unpaired) electrons. The molecule has 0 aromatic heterocycles. The van der Waals surface area contributed by atoms with Crippen molar-refractivity contribution in [2.75, 3.05) is 5.32 Å². The molecule has 0 aliphatic heterocycles. The zero-order valence-corrected chi connectivity index (χ0v) is 8.84. The van der Waals surface area contributed by atoms with Gasteiger partial charge >= 0.3 is 0 Å². The van der Waals surface area contributed by atoms with E-state index in [1.807, 2.05) is 0 Å². The minimum absolute atomic E-state index is 0.125. The van der Waals surface area contributed by atoms with E-state index >= 15 is 0 Å². The Morgan fingerprint density at radius 2 is 2.19 bits per heavy atom. The van der Waals surface area contributed by atoms with Gasteiger partial charge in [-0.2, -0.15) is 0 Å². The van der Waals surface area contributed by atoms with Crippen molar-refractivity contribution in [1.82, 2.24) is 0 Å². The third kappa shape index (κ3) is 3.32. The third-order valence-electron chi connectivity index (χ3n) is 1.88. The first-order chi connectivity index (χ1) is 7.50. The molecule has 0 aliphatic carbocycles. The summed E-state index contributed by atoms with van der Waals surface area (Å²) in [5.74, 6) is -0.329. The quantitative estimate of drug-likeness (QED) is 0.593. The van der Waals surface area contributed by atoms with Crippen LogP contribution in [-0.4, -0.2) is 16.9 Å². The summed E-state index contributed by atoms with van der Waals surface area (Å²) >= 11 is 0. The van der Waals surface area contributed by atoms with Crippen LogP contribution in [-0.2, 0) is 4.79 Å². The Hall–Kier alpha value is -1.95. The van der Waals surface area contributed by atoms with Gasteiger partial charge in [-0.1, -0.05) is 12.1 Å². The Morgan fingerprint density at radius 3 is 2.75 bits per heavy atom. The molecule has 6 nitrogen and oxygen atoms in total. The molecule has 86 valence electrons. The first-order valence-corrected chi connectivity index (χ1v) is 4.79. The van der Waals surface area contributed by atoms with Crippen molar-refractivity contribution in [3.05, 3.63) is 34.4 Å². The van der Waals surface area contributed by atoms with Crippen LogP contribution >= 0.6 is 0 Å². The van der Waals surface area contributed by atoms with E-state index in [4.69, 9.17) is 5.73 Å². The van der Waals surface area contributed by atoms with Gasteiger partial charge in [0, 0.05) is 18.5 Å². The zero-order chi connectivity index (χ0) is 12.1. The van der Waals surface area contributed by atoms with E-state index < -0.39 is 4.92 Å². The van der Waals surface area contributed by atoms with Gasteiger partial charge in [0.2, 0.25) is 5.91 Å². The molecule has 0 heterocycles. The number of nitro groups is 1. The maximum absolute atomic E-state index is 11.4. The van der Waals surface area contributed by atoms with Gasteiger partial charge < -0.3 is 11.1 Å². The van der Waals surface area contributed by atoms with Crippen LogP contribution < -0.4 is 11.1 Å². The molecule has 1 rings (SSSR count). The molecule has 0 fully saturated rings. The highest BCUT2D eigenvalue weighted by atomic mass is 16.6. The van der Waals surface area contributed by atoms with Crippen molar-refractivity contribution in [2.45, 2.75) is 19.4 Å². The average Bonchev–Trinajstić information content (AvgIpc) is 2.16. The number of nitrogens with two attached hydrogens (primary N) is 1. The predicted octanol–water partition coefficient (Wildman–Crippen LogP) is 1.27. The summed E-state index contributed by atoms with van der Waals surface area (Å²) in [4.78, 5) is 21.5. The van der Waals surface area contributed by atoms with E-state index in [0.29, 0.717) is 0 Å². The van der Waals surface area contributed by atoms with Crippen molar-refractivity contribution >= 4 is 17.3 Å². The number of nitrogens with zero attached hydrogens (tertiary/aromatic N) is 1. The zero-order valence-electron chi connectivity index (χ0n) is 8.84. The summed E-state index contributed by atoms with van der Waals surface area (Å²) in [5, 5.41) is 13.1. The monoisotopic (exact) mass is 223 g/mol. The highest BCUT2D eigenvalue weighted by Gasteiger charge is 2.14. The summed E-state index contributed by atoms with van der Waals surface area (Å²) in [6, 6.07) is 5.70. The van der Waals surface area contributed by atoms with Crippen molar-refractivity contribution in [3.63, 3.8) is 0 Å². The van der Waals surface area contributed by atoms with Crippen LogP contribution in [0.3, 0.4) is 0 Å². The second-order valence-corrected chi connectivity index (χ2v) is 3.50. The number of amides is 1. The highest BCUT2D eigenvalue weighted by Crippen LogP contribution is 2.23. The summed E-state index contributed by atoms with van der Waals surface area (Å²) < 4.78 is 0. The molecule has 0 aliphatic rings. The van der Waals surface area contributed by atoms with Gasteiger partial charge in [0.25, 0.3) is 5.69 Å². The molecule has 1 aromatic rings. The second kappa shape index (κ2) is 5.22. The summed E-state index contributed by atoms with van der Waals surface area (Å²) in [7, 11) is 0. The number of benzene rings is 1. The molecule has 1 atom stereocenters. The lowest BCUT2D eigenvalue weighted by Gasteiger charge is -2.07. The molecule has 1 aromatic carbocycles. The first kappa shape index (κ1) is 12.1. The Balaban J connectivity index is 2.81. The molecule has 0 bridgehead atoms. The molecule has 1 amide bonds. The molecule has 0 saturated heterocycles. The van der Waals surface area contributed by atoms with Crippen LogP contribution in [0.25, 0.3) is 0 Å². The second-order valence-electron chi connectivity index (χ2n) is 3.50. The SMILES string of the molecule is CC(N)CC(=O)Nc1ccccc1[N+](=O)[O-]. The Kier molecular flexibility index (Phi) is 3.96. The van der Waals surface area contributed by atoms with E-state index in [-0.39, 0.29) is 29.7 Å². The predicted molar refractivity (Wildman–Crippen MR) is 60.0 cm³/mol. The number of para-hydroxylation sites is 2. The number of anilines is 1. The Labute approximate surface area is 92.6 Å². The lowest BCUT2D eigenvalue weighted by molar-refractivity contribution is -0.383. The molecule has 6 heteroatoms. The Bertz CT molecular complexity index is 404. The van der Waals surface area contributed by atoms with Crippen LogP contribution in [0.15, 0.2) is 24.3 Å². The third-order valence-corrected chi connectivity index (χ3v) is 1.88. The van der Waals surface area contributed by atoms with Crippen LogP contribution in [0.1, 0.15) is 13.3 Å². The van der Waals surface area contributed by atoms with E-state index in [1.54, 1.807) is 19.1 Å². The largest absolute Gasteiger partial charge is 0.327 e. The van der Waals surface area contributed by atoms with Crippen molar-refractivity contribution in [1.29, 1.82) is 0 Å².